The Morgan fingerprint density at radius 1 is 1.19 bits per heavy atom. The van der Waals surface area contributed by atoms with Gasteiger partial charge in [0, 0.05) is 23.1 Å². The number of ether oxygens (including phenoxy) is 4. The predicted octanol–water partition coefficient (Wildman–Crippen LogP) is 4.72. The van der Waals surface area contributed by atoms with Crippen molar-refractivity contribution in [3.8, 4) is 34.4 Å². The van der Waals surface area contributed by atoms with Gasteiger partial charge in [0.15, 0.2) is 0 Å². The lowest BCUT2D eigenvalue weighted by Gasteiger charge is -2.32. The topological polar surface area (TPSA) is 94.8 Å². The number of carbonyl (C=O) groups is 1. The molecule has 0 bridgehead atoms. The number of anilines is 1. The molecule has 0 atom stereocenters. The molecule has 0 unspecified atom stereocenters. The van der Waals surface area contributed by atoms with Crippen molar-refractivity contribution < 1.29 is 33.2 Å². The van der Waals surface area contributed by atoms with Crippen LogP contribution in [-0.4, -0.2) is 61.0 Å². The molecule has 2 heterocycles. The van der Waals surface area contributed by atoms with Crippen LogP contribution in [0.3, 0.4) is 0 Å². The number of amides is 1. The minimum absolute atomic E-state index is 0.0914. The number of hydrogen-bond acceptors (Lipinski definition) is 7. The first kappa shape index (κ1) is 23.5. The van der Waals surface area contributed by atoms with Crippen LogP contribution in [0.5, 0.6) is 23.1 Å². The molecule has 1 aromatic carbocycles. The quantitative estimate of drug-likeness (QED) is 0.512. The molecule has 0 aliphatic heterocycles. The van der Waals surface area contributed by atoms with Gasteiger partial charge in [-0.3, -0.25) is 4.90 Å². The van der Waals surface area contributed by atoms with Crippen molar-refractivity contribution in [1.29, 1.82) is 0 Å². The molecule has 3 rings (SSSR count). The third kappa shape index (κ3) is 4.12. The van der Waals surface area contributed by atoms with Gasteiger partial charge in [-0.2, -0.15) is 0 Å². The Kier molecular flexibility index (Phi) is 6.68. The van der Waals surface area contributed by atoms with Crippen LogP contribution in [0.4, 0.5) is 14.9 Å². The molecule has 1 amide bonds. The molecule has 32 heavy (non-hydrogen) atoms. The molecule has 11 heteroatoms. The molecule has 0 aliphatic rings. The minimum atomic E-state index is -1.12. The molecule has 0 radical (unpaired) electrons. The van der Waals surface area contributed by atoms with Crippen molar-refractivity contribution >= 4 is 27.9 Å². The van der Waals surface area contributed by atoms with E-state index in [0.29, 0.717) is 39.0 Å². The van der Waals surface area contributed by atoms with E-state index >= 15 is 0 Å². The second-order valence-electron chi connectivity index (χ2n) is 7.72. The largest absolute Gasteiger partial charge is 0.496 e. The summed E-state index contributed by atoms with van der Waals surface area (Å²) in [5.74, 6) is 1.44. The number of nitrogens with zero attached hydrogens (tertiary/aromatic N) is 3. The van der Waals surface area contributed by atoms with E-state index in [-0.39, 0.29) is 12.5 Å². The van der Waals surface area contributed by atoms with Gasteiger partial charge in [0.25, 0.3) is 5.88 Å². The minimum Gasteiger partial charge on any atom is -0.496 e. The van der Waals surface area contributed by atoms with Crippen molar-refractivity contribution in [2.45, 2.75) is 26.3 Å². The number of fused-ring (bicyclic) bond motifs is 1. The van der Waals surface area contributed by atoms with Crippen LogP contribution in [0.1, 0.15) is 20.8 Å². The molecule has 2 aromatic heterocycles. The smallest absolute Gasteiger partial charge is 0.412 e. The molecule has 3 aromatic rings. The number of hydrogen-bond donors (Lipinski definition) is 1. The van der Waals surface area contributed by atoms with Gasteiger partial charge in [0.05, 0.1) is 32.6 Å². The second kappa shape index (κ2) is 9.11. The highest BCUT2D eigenvalue weighted by Crippen LogP contribution is 2.46. The fourth-order valence-electron chi connectivity index (χ4n) is 3.40. The van der Waals surface area contributed by atoms with Gasteiger partial charge >= 0.3 is 6.09 Å². The summed E-state index contributed by atoms with van der Waals surface area (Å²) in [6.07, 6.45) is -1.12. The maximum absolute atomic E-state index is 12.5. The Morgan fingerprint density at radius 2 is 1.81 bits per heavy atom. The zero-order valence-electron chi connectivity index (χ0n) is 18.8. The highest BCUT2D eigenvalue weighted by atomic mass is 32.1. The van der Waals surface area contributed by atoms with Gasteiger partial charge in [-0.05, 0) is 20.8 Å². The highest BCUT2D eigenvalue weighted by molar-refractivity contribution is 7.16. The number of aromatic nitrogens is 2. The average molecular weight is 468 g/mol. The summed E-state index contributed by atoms with van der Waals surface area (Å²) in [4.78, 5) is 13.9. The number of halogens is 1. The van der Waals surface area contributed by atoms with Gasteiger partial charge in [0.1, 0.15) is 41.0 Å². The lowest BCUT2D eigenvalue weighted by atomic mass is 10.1. The monoisotopic (exact) mass is 467 g/mol. The van der Waals surface area contributed by atoms with Gasteiger partial charge in [-0.15, -0.1) is 16.4 Å². The maximum atomic E-state index is 12.5. The number of thiazole rings is 1. The highest BCUT2D eigenvalue weighted by Gasteiger charge is 2.35. The van der Waals surface area contributed by atoms with Crippen LogP contribution in [0.25, 0.3) is 16.1 Å². The first-order chi connectivity index (χ1) is 15.2. The lowest BCUT2D eigenvalue weighted by Crippen LogP contribution is -2.45. The summed E-state index contributed by atoms with van der Waals surface area (Å²) >= 11 is 1.31. The summed E-state index contributed by atoms with van der Waals surface area (Å²) in [6, 6.07) is 3.27. The van der Waals surface area contributed by atoms with Crippen molar-refractivity contribution in [1.82, 2.24) is 9.61 Å². The number of carboxylic acid groups (broad SMARTS) is 1. The second-order valence-corrected chi connectivity index (χ2v) is 8.58. The third-order valence-corrected chi connectivity index (χ3v) is 5.59. The van der Waals surface area contributed by atoms with Crippen LogP contribution >= 0.6 is 11.3 Å². The Morgan fingerprint density at radius 3 is 2.28 bits per heavy atom. The third-order valence-electron chi connectivity index (χ3n) is 4.66. The summed E-state index contributed by atoms with van der Waals surface area (Å²) in [5.41, 5.74) is 0.810. The maximum Gasteiger partial charge on any atom is 0.412 e. The molecule has 0 aliphatic carbocycles. The Balaban J connectivity index is 2.26. The zero-order valence-corrected chi connectivity index (χ0v) is 19.6. The number of methoxy groups -OCH3 is 3. The van der Waals surface area contributed by atoms with Crippen molar-refractivity contribution in [3.63, 3.8) is 0 Å². The van der Waals surface area contributed by atoms with Gasteiger partial charge in [0.2, 0.25) is 0 Å². The molecule has 0 fully saturated rings. The summed E-state index contributed by atoms with van der Waals surface area (Å²) in [5, 5.41) is 16.3. The van der Waals surface area contributed by atoms with Crippen molar-refractivity contribution in [2.24, 2.45) is 0 Å². The summed E-state index contributed by atoms with van der Waals surface area (Å²) in [7, 11) is 4.44. The number of alkyl halides is 1. The molecule has 0 spiro atoms. The molecule has 9 nitrogen and oxygen atoms in total. The van der Waals surface area contributed by atoms with Crippen LogP contribution in [0, 0.1) is 0 Å². The lowest BCUT2D eigenvalue weighted by molar-refractivity contribution is 0.195. The van der Waals surface area contributed by atoms with E-state index in [1.165, 1.54) is 37.6 Å². The normalized spacial score (nSPS) is 11.5. The Bertz CT molecular complexity index is 1100. The number of benzene rings is 1. The molecule has 0 saturated carbocycles. The van der Waals surface area contributed by atoms with Crippen LogP contribution in [0.15, 0.2) is 17.5 Å². The van der Waals surface area contributed by atoms with Crippen molar-refractivity contribution in [3.05, 3.63) is 17.5 Å². The first-order valence-corrected chi connectivity index (χ1v) is 10.6. The van der Waals surface area contributed by atoms with Crippen LogP contribution in [0.2, 0.25) is 0 Å². The molecule has 174 valence electrons. The van der Waals surface area contributed by atoms with Gasteiger partial charge in [-0.25, -0.2) is 13.7 Å². The predicted molar refractivity (Wildman–Crippen MR) is 120 cm³/mol. The molecule has 0 saturated heterocycles. The summed E-state index contributed by atoms with van der Waals surface area (Å²) in [6.45, 7) is 4.66. The van der Waals surface area contributed by atoms with Gasteiger partial charge < -0.3 is 24.1 Å². The SMILES string of the molecule is COc1cc(OCCF)cc(OC)c1-c1csc2c(N(C(=O)O)C(C)(C)C)c(OC)nn12. The first-order valence-electron chi connectivity index (χ1n) is 9.70. The van der Waals surface area contributed by atoms with E-state index in [0.717, 1.165) is 0 Å². The van der Waals surface area contributed by atoms with Crippen LogP contribution < -0.4 is 23.8 Å². The molecule has 1 N–H and O–H groups in total. The fourth-order valence-corrected chi connectivity index (χ4v) is 4.37. The molecular formula is C21H26FN3O6S. The Hall–Kier alpha value is -3.21. The van der Waals surface area contributed by atoms with Crippen LogP contribution in [-0.2, 0) is 0 Å². The Labute approximate surface area is 188 Å². The van der Waals surface area contributed by atoms with E-state index in [2.05, 4.69) is 5.10 Å². The van der Waals surface area contributed by atoms with E-state index in [9.17, 15) is 14.3 Å². The average Bonchev–Trinajstić information content (AvgIpc) is 3.30. The zero-order chi connectivity index (χ0) is 23.6. The standard InChI is InChI=1S/C21H26FN3O6S/c1-21(2,3)24(20(26)27)17-18(30-6)23-25-13(11-32-19(17)25)16-14(28-4)9-12(31-8-7-22)10-15(16)29-5/h9-11H,7-8H2,1-6H3,(H,26,27). The number of rotatable bonds is 8. The van der Waals surface area contributed by atoms with Gasteiger partial charge in [-0.1, -0.05) is 0 Å². The van der Waals surface area contributed by atoms with E-state index in [1.807, 2.05) is 5.38 Å². The van der Waals surface area contributed by atoms with E-state index in [4.69, 9.17) is 18.9 Å². The van der Waals surface area contributed by atoms with E-state index < -0.39 is 18.3 Å². The summed E-state index contributed by atoms with van der Waals surface area (Å²) < 4.78 is 36.1. The van der Waals surface area contributed by atoms with E-state index in [1.54, 1.807) is 37.4 Å². The fraction of sp³-hybridized carbons (Fsp3) is 0.429. The molecular weight excluding hydrogens is 441 g/mol. The van der Waals surface area contributed by atoms with Crippen molar-refractivity contribution in [2.75, 3.05) is 39.5 Å².